The molecule has 114 valence electrons. The van der Waals surface area contributed by atoms with Gasteiger partial charge >= 0.3 is 12.0 Å². The molecule has 0 bridgehead atoms. The fourth-order valence-corrected chi connectivity index (χ4v) is 2.86. The molecule has 0 aromatic carbocycles. The number of pyridine rings is 1. The highest BCUT2D eigenvalue weighted by Crippen LogP contribution is 2.27. The number of hydrogen-bond acceptors (Lipinski definition) is 3. The molecule has 1 aliphatic rings. The summed E-state index contributed by atoms with van der Waals surface area (Å²) in [6.45, 7) is 2.17. The van der Waals surface area contributed by atoms with Crippen LogP contribution in [0.25, 0.3) is 0 Å². The molecule has 0 spiro atoms. The summed E-state index contributed by atoms with van der Waals surface area (Å²) in [6, 6.07) is 1.42. The molecular weight excluding hydrogens is 270 g/mol. The number of aromatic nitrogens is 1. The Morgan fingerprint density at radius 1 is 1.33 bits per heavy atom. The summed E-state index contributed by atoms with van der Waals surface area (Å²) in [4.78, 5) is 28.7. The molecule has 0 radical (unpaired) electrons. The second kappa shape index (κ2) is 6.56. The highest BCUT2D eigenvalue weighted by atomic mass is 16.4. The van der Waals surface area contributed by atoms with Gasteiger partial charge in [0.05, 0.1) is 17.4 Å². The molecule has 1 aliphatic carbocycles. The van der Waals surface area contributed by atoms with E-state index in [1.807, 2.05) is 0 Å². The standard InChI is InChI=1S/C15H21N3O3/c1-10-5-3-4-6-13(10)18(2)15(21)17-12-7-11(14(19)20)8-16-9-12/h7-10,13H,3-6H2,1-2H3,(H,17,21)(H,19,20). The van der Waals surface area contributed by atoms with E-state index < -0.39 is 5.97 Å². The number of urea groups is 1. The Kier molecular flexibility index (Phi) is 4.77. The van der Waals surface area contributed by atoms with Crippen molar-refractivity contribution in [1.82, 2.24) is 9.88 Å². The molecular formula is C15H21N3O3. The van der Waals surface area contributed by atoms with Gasteiger partial charge in [0, 0.05) is 19.3 Å². The van der Waals surface area contributed by atoms with E-state index in [0.717, 1.165) is 19.3 Å². The van der Waals surface area contributed by atoms with E-state index in [4.69, 9.17) is 5.11 Å². The number of anilines is 1. The van der Waals surface area contributed by atoms with Crippen LogP contribution >= 0.6 is 0 Å². The lowest BCUT2D eigenvalue weighted by Crippen LogP contribution is -2.44. The predicted octanol–water partition coefficient (Wildman–Crippen LogP) is 2.82. The third kappa shape index (κ3) is 3.71. The van der Waals surface area contributed by atoms with Crippen molar-refractivity contribution < 1.29 is 14.7 Å². The molecule has 2 rings (SSSR count). The maximum absolute atomic E-state index is 12.3. The van der Waals surface area contributed by atoms with Crippen LogP contribution in [0.15, 0.2) is 18.5 Å². The van der Waals surface area contributed by atoms with Gasteiger partial charge in [0.25, 0.3) is 0 Å². The van der Waals surface area contributed by atoms with Gasteiger partial charge in [-0.25, -0.2) is 9.59 Å². The molecule has 0 saturated heterocycles. The Bertz CT molecular complexity index is 533. The third-order valence-electron chi connectivity index (χ3n) is 4.12. The molecule has 1 aromatic heterocycles. The van der Waals surface area contributed by atoms with Gasteiger partial charge in [0.15, 0.2) is 0 Å². The maximum Gasteiger partial charge on any atom is 0.337 e. The number of hydrogen-bond donors (Lipinski definition) is 2. The minimum Gasteiger partial charge on any atom is -0.478 e. The second-order valence-electron chi connectivity index (χ2n) is 5.64. The molecule has 2 amide bonds. The van der Waals surface area contributed by atoms with Gasteiger partial charge in [0.2, 0.25) is 0 Å². The van der Waals surface area contributed by atoms with Gasteiger partial charge in [-0.15, -0.1) is 0 Å². The van der Waals surface area contributed by atoms with E-state index in [0.29, 0.717) is 11.6 Å². The van der Waals surface area contributed by atoms with Gasteiger partial charge in [-0.1, -0.05) is 19.8 Å². The molecule has 2 N–H and O–H groups in total. The van der Waals surface area contributed by atoms with E-state index in [2.05, 4.69) is 17.2 Å². The van der Waals surface area contributed by atoms with Crippen LogP contribution in [0.3, 0.4) is 0 Å². The van der Waals surface area contributed by atoms with Crippen LogP contribution in [-0.4, -0.2) is 40.1 Å². The van der Waals surface area contributed by atoms with E-state index in [-0.39, 0.29) is 17.6 Å². The average molecular weight is 291 g/mol. The van der Waals surface area contributed by atoms with Crippen molar-refractivity contribution >= 4 is 17.7 Å². The first-order chi connectivity index (χ1) is 9.99. The molecule has 21 heavy (non-hydrogen) atoms. The van der Waals surface area contributed by atoms with E-state index in [9.17, 15) is 9.59 Å². The number of aromatic carboxylic acids is 1. The van der Waals surface area contributed by atoms with Gasteiger partial charge in [0.1, 0.15) is 0 Å². The molecule has 1 heterocycles. The monoisotopic (exact) mass is 291 g/mol. The third-order valence-corrected chi connectivity index (χ3v) is 4.12. The normalized spacial score (nSPS) is 21.6. The van der Waals surface area contributed by atoms with Gasteiger partial charge in [-0.2, -0.15) is 0 Å². The smallest absolute Gasteiger partial charge is 0.337 e. The Morgan fingerprint density at radius 2 is 2.05 bits per heavy atom. The highest BCUT2D eigenvalue weighted by molar-refractivity contribution is 5.92. The van der Waals surface area contributed by atoms with Crippen molar-refractivity contribution in [2.75, 3.05) is 12.4 Å². The van der Waals surface area contributed by atoms with Crippen LogP contribution < -0.4 is 5.32 Å². The van der Waals surface area contributed by atoms with Crippen LogP contribution in [0.4, 0.5) is 10.5 Å². The van der Waals surface area contributed by atoms with Crippen LogP contribution in [0.1, 0.15) is 43.0 Å². The van der Waals surface area contributed by atoms with Crippen molar-refractivity contribution in [3.63, 3.8) is 0 Å². The predicted molar refractivity (Wildman–Crippen MR) is 79.4 cm³/mol. The fraction of sp³-hybridized carbons (Fsp3) is 0.533. The van der Waals surface area contributed by atoms with E-state index in [1.165, 1.54) is 24.9 Å². The molecule has 1 fully saturated rings. The minimum absolute atomic E-state index is 0.0569. The zero-order valence-electron chi connectivity index (χ0n) is 12.4. The quantitative estimate of drug-likeness (QED) is 0.897. The number of carboxylic acid groups (broad SMARTS) is 1. The van der Waals surface area contributed by atoms with Crippen LogP contribution in [0, 0.1) is 5.92 Å². The summed E-state index contributed by atoms with van der Waals surface area (Å²) in [5.74, 6) is -0.578. The maximum atomic E-state index is 12.3. The molecule has 6 heteroatoms. The van der Waals surface area contributed by atoms with E-state index in [1.54, 1.807) is 11.9 Å². The first kappa shape index (κ1) is 15.3. The summed E-state index contributed by atoms with van der Waals surface area (Å²) < 4.78 is 0. The Hall–Kier alpha value is -2.11. The van der Waals surface area contributed by atoms with Gasteiger partial charge in [-0.3, -0.25) is 4.98 Å². The topological polar surface area (TPSA) is 82.5 Å². The summed E-state index contributed by atoms with van der Waals surface area (Å²) in [6.07, 6.45) is 7.21. The second-order valence-corrected chi connectivity index (χ2v) is 5.64. The number of nitrogens with zero attached hydrogens (tertiary/aromatic N) is 2. The lowest BCUT2D eigenvalue weighted by atomic mass is 9.85. The summed E-state index contributed by atoms with van der Waals surface area (Å²) in [5.41, 5.74) is 0.455. The van der Waals surface area contributed by atoms with Crippen molar-refractivity contribution in [2.45, 2.75) is 38.6 Å². The summed E-state index contributed by atoms with van der Waals surface area (Å²) in [5, 5.41) is 11.6. The molecule has 6 nitrogen and oxygen atoms in total. The zero-order valence-corrected chi connectivity index (χ0v) is 12.4. The van der Waals surface area contributed by atoms with Crippen LogP contribution in [-0.2, 0) is 0 Å². The van der Waals surface area contributed by atoms with Gasteiger partial charge < -0.3 is 15.3 Å². The Balaban J connectivity index is 2.03. The summed E-state index contributed by atoms with van der Waals surface area (Å²) in [7, 11) is 1.79. The molecule has 2 unspecified atom stereocenters. The Labute approximate surface area is 124 Å². The molecule has 1 saturated carbocycles. The number of carbonyl (C=O) groups excluding carboxylic acids is 1. The molecule has 1 aromatic rings. The van der Waals surface area contributed by atoms with Crippen molar-refractivity contribution in [1.29, 1.82) is 0 Å². The lowest BCUT2D eigenvalue weighted by molar-refractivity contribution is 0.0696. The fourth-order valence-electron chi connectivity index (χ4n) is 2.86. The molecule has 2 atom stereocenters. The SMILES string of the molecule is CC1CCCCC1N(C)C(=O)Nc1cncc(C(=O)O)c1. The van der Waals surface area contributed by atoms with Gasteiger partial charge in [-0.05, 0) is 24.8 Å². The summed E-state index contributed by atoms with van der Waals surface area (Å²) >= 11 is 0. The first-order valence-corrected chi connectivity index (χ1v) is 7.21. The average Bonchev–Trinajstić information content (AvgIpc) is 2.47. The number of carboxylic acids is 1. The van der Waals surface area contributed by atoms with Crippen molar-refractivity contribution in [3.05, 3.63) is 24.0 Å². The Morgan fingerprint density at radius 3 is 2.71 bits per heavy atom. The number of carbonyl (C=O) groups is 2. The lowest BCUT2D eigenvalue weighted by Gasteiger charge is -2.36. The first-order valence-electron chi connectivity index (χ1n) is 7.21. The van der Waals surface area contributed by atoms with Crippen LogP contribution in [0.5, 0.6) is 0 Å². The minimum atomic E-state index is -1.06. The van der Waals surface area contributed by atoms with Crippen molar-refractivity contribution in [3.8, 4) is 0 Å². The zero-order chi connectivity index (χ0) is 15.4. The number of amides is 2. The molecule has 0 aliphatic heterocycles. The van der Waals surface area contributed by atoms with Crippen LogP contribution in [0.2, 0.25) is 0 Å². The largest absolute Gasteiger partial charge is 0.478 e. The highest BCUT2D eigenvalue weighted by Gasteiger charge is 2.27. The van der Waals surface area contributed by atoms with E-state index >= 15 is 0 Å². The number of rotatable bonds is 3. The number of nitrogens with one attached hydrogen (secondary N) is 1. The van der Waals surface area contributed by atoms with Crippen molar-refractivity contribution in [2.24, 2.45) is 5.92 Å².